The molecule has 0 amide bonds. The zero-order chi connectivity index (χ0) is 9.42. The highest BCUT2D eigenvalue weighted by atomic mass is 15.3. The summed E-state index contributed by atoms with van der Waals surface area (Å²) in [5.74, 6) is 0. The number of para-hydroxylation sites is 1. The molecule has 3 nitrogen and oxygen atoms in total. The molecule has 68 valence electrons. The Morgan fingerprint density at radius 2 is 2.23 bits per heavy atom. The second-order valence-corrected chi connectivity index (χ2v) is 3.25. The van der Waals surface area contributed by atoms with Gasteiger partial charge >= 0.3 is 0 Å². The van der Waals surface area contributed by atoms with Gasteiger partial charge in [-0.1, -0.05) is 18.2 Å². The second-order valence-electron chi connectivity index (χ2n) is 3.25. The minimum absolute atomic E-state index is 0.501. The average Bonchev–Trinajstić information content (AvgIpc) is 2.44. The summed E-state index contributed by atoms with van der Waals surface area (Å²) in [5, 5.41) is 5.53. The summed E-state index contributed by atoms with van der Waals surface area (Å²) in [4.78, 5) is 0. The van der Waals surface area contributed by atoms with E-state index in [-0.39, 0.29) is 0 Å². The third-order valence-electron chi connectivity index (χ3n) is 2.34. The topological polar surface area (TPSA) is 43.8 Å². The number of fused-ring (bicyclic) bond motifs is 1. The van der Waals surface area contributed by atoms with Crippen LogP contribution in [0.2, 0.25) is 0 Å². The normalized spacial score (nSPS) is 11.0. The lowest BCUT2D eigenvalue weighted by atomic mass is 10.1. The summed E-state index contributed by atoms with van der Waals surface area (Å²) >= 11 is 0. The van der Waals surface area contributed by atoms with Crippen LogP contribution in [0.5, 0.6) is 0 Å². The van der Waals surface area contributed by atoms with Crippen molar-refractivity contribution in [2.75, 3.05) is 0 Å². The molecule has 1 aromatic carbocycles. The first kappa shape index (κ1) is 8.26. The number of hydrogen-bond donors (Lipinski definition) is 1. The quantitative estimate of drug-likeness (QED) is 0.710. The molecule has 1 heterocycles. The molecule has 2 N–H and O–H groups in total. The Hall–Kier alpha value is -1.35. The van der Waals surface area contributed by atoms with Gasteiger partial charge in [0.05, 0.1) is 11.2 Å². The molecule has 1 aromatic heterocycles. The van der Waals surface area contributed by atoms with E-state index >= 15 is 0 Å². The van der Waals surface area contributed by atoms with Crippen LogP contribution < -0.4 is 5.73 Å². The van der Waals surface area contributed by atoms with Gasteiger partial charge in [-0.05, 0) is 12.5 Å². The van der Waals surface area contributed by atoms with Crippen LogP contribution in [0.4, 0.5) is 0 Å². The zero-order valence-corrected chi connectivity index (χ0v) is 7.91. The van der Waals surface area contributed by atoms with Crippen LogP contribution in [0.25, 0.3) is 10.9 Å². The van der Waals surface area contributed by atoms with Crippen molar-refractivity contribution < 1.29 is 0 Å². The molecule has 0 unspecified atom stereocenters. The van der Waals surface area contributed by atoms with E-state index in [1.54, 1.807) is 0 Å². The van der Waals surface area contributed by atoms with Crippen LogP contribution in [-0.2, 0) is 13.6 Å². The van der Waals surface area contributed by atoms with Crippen molar-refractivity contribution in [3.8, 4) is 0 Å². The second kappa shape index (κ2) is 2.85. The molecule has 0 aliphatic rings. The van der Waals surface area contributed by atoms with Crippen molar-refractivity contribution in [1.29, 1.82) is 0 Å². The lowest BCUT2D eigenvalue weighted by molar-refractivity contribution is 0.764. The minimum Gasteiger partial charge on any atom is -0.325 e. The fourth-order valence-corrected chi connectivity index (χ4v) is 1.76. The molecule has 0 bridgehead atoms. The third kappa shape index (κ3) is 1.12. The maximum absolute atomic E-state index is 5.60. The monoisotopic (exact) mass is 175 g/mol. The SMILES string of the molecule is Cc1cccc2c(CN)nn(C)c12. The van der Waals surface area contributed by atoms with Gasteiger partial charge in [0.1, 0.15) is 0 Å². The Balaban J connectivity index is 2.87. The van der Waals surface area contributed by atoms with E-state index in [9.17, 15) is 0 Å². The molecule has 0 saturated carbocycles. The first-order valence-electron chi connectivity index (χ1n) is 4.35. The first-order chi connectivity index (χ1) is 6.24. The smallest absolute Gasteiger partial charge is 0.0838 e. The molecule has 13 heavy (non-hydrogen) atoms. The lowest BCUT2D eigenvalue weighted by Crippen LogP contribution is -1.98. The number of rotatable bonds is 1. The summed E-state index contributed by atoms with van der Waals surface area (Å²) in [7, 11) is 1.95. The zero-order valence-electron chi connectivity index (χ0n) is 7.91. The number of benzene rings is 1. The number of aryl methyl sites for hydroxylation is 2. The molecule has 3 heteroatoms. The molecule has 0 fully saturated rings. The lowest BCUT2D eigenvalue weighted by Gasteiger charge is -1.97. The molecule has 0 radical (unpaired) electrons. The predicted octanol–water partition coefficient (Wildman–Crippen LogP) is 1.34. The number of nitrogens with two attached hydrogens (primary N) is 1. The highest BCUT2D eigenvalue weighted by molar-refractivity contribution is 5.84. The molecule has 2 aromatic rings. The highest BCUT2D eigenvalue weighted by Crippen LogP contribution is 2.20. The van der Waals surface area contributed by atoms with Crippen molar-refractivity contribution in [2.45, 2.75) is 13.5 Å². The van der Waals surface area contributed by atoms with E-state index in [1.165, 1.54) is 16.5 Å². The van der Waals surface area contributed by atoms with Gasteiger partial charge in [-0.3, -0.25) is 4.68 Å². The van der Waals surface area contributed by atoms with Gasteiger partial charge < -0.3 is 5.73 Å². The maximum Gasteiger partial charge on any atom is 0.0838 e. The molecular formula is C10H13N3. The van der Waals surface area contributed by atoms with E-state index in [0.717, 1.165) is 5.69 Å². The van der Waals surface area contributed by atoms with Crippen LogP contribution in [0.1, 0.15) is 11.3 Å². The first-order valence-corrected chi connectivity index (χ1v) is 4.35. The molecule has 0 aliphatic heterocycles. The Morgan fingerprint density at radius 3 is 2.92 bits per heavy atom. The Bertz CT molecular complexity index is 443. The van der Waals surface area contributed by atoms with E-state index in [1.807, 2.05) is 17.8 Å². The standard InChI is InChI=1S/C10H13N3/c1-7-4-3-5-8-9(6-11)12-13(2)10(7)8/h3-5H,6,11H2,1-2H3. The largest absolute Gasteiger partial charge is 0.325 e. The van der Waals surface area contributed by atoms with Gasteiger partial charge in [0.25, 0.3) is 0 Å². The summed E-state index contributed by atoms with van der Waals surface area (Å²) in [5.41, 5.74) is 9.00. The van der Waals surface area contributed by atoms with Crippen LogP contribution >= 0.6 is 0 Å². The summed E-state index contributed by atoms with van der Waals surface area (Å²) < 4.78 is 1.90. The van der Waals surface area contributed by atoms with Crippen LogP contribution in [0.3, 0.4) is 0 Å². The van der Waals surface area contributed by atoms with Crippen molar-refractivity contribution in [3.05, 3.63) is 29.5 Å². The number of aromatic nitrogens is 2. The van der Waals surface area contributed by atoms with Gasteiger partial charge in [-0.15, -0.1) is 0 Å². The summed E-state index contributed by atoms with van der Waals surface area (Å²) in [6.45, 7) is 2.59. The molecule has 0 aliphatic carbocycles. The van der Waals surface area contributed by atoms with Gasteiger partial charge in [0, 0.05) is 19.0 Å². The van der Waals surface area contributed by atoms with Gasteiger partial charge in [0.2, 0.25) is 0 Å². The van der Waals surface area contributed by atoms with Crippen molar-refractivity contribution in [2.24, 2.45) is 12.8 Å². The average molecular weight is 175 g/mol. The summed E-state index contributed by atoms with van der Waals surface area (Å²) in [6.07, 6.45) is 0. The van der Waals surface area contributed by atoms with Crippen molar-refractivity contribution in [3.63, 3.8) is 0 Å². The van der Waals surface area contributed by atoms with Gasteiger partial charge in [-0.2, -0.15) is 5.10 Å². The van der Waals surface area contributed by atoms with E-state index in [0.29, 0.717) is 6.54 Å². The van der Waals surface area contributed by atoms with E-state index in [4.69, 9.17) is 5.73 Å². The van der Waals surface area contributed by atoms with Crippen LogP contribution in [-0.4, -0.2) is 9.78 Å². The van der Waals surface area contributed by atoms with Crippen molar-refractivity contribution in [1.82, 2.24) is 9.78 Å². The number of nitrogens with zero attached hydrogens (tertiary/aromatic N) is 2. The summed E-state index contributed by atoms with van der Waals surface area (Å²) in [6, 6.07) is 6.19. The molecule has 2 rings (SSSR count). The fraction of sp³-hybridized carbons (Fsp3) is 0.300. The third-order valence-corrected chi connectivity index (χ3v) is 2.34. The predicted molar refractivity (Wildman–Crippen MR) is 53.3 cm³/mol. The Labute approximate surface area is 77.2 Å². The van der Waals surface area contributed by atoms with Crippen molar-refractivity contribution >= 4 is 10.9 Å². The minimum atomic E-state index is 0.501. The van der Waals surface area contributed by atoms with Gasteiger partial charge in [0.15, 0.2) is 0 Å². The molecule has 0 atom stereocenters. The number of hydrogen-bond acceptors (Lipinski definition) is 2. The molecular weight excluding hydrogens is 162 g/mol. The van der Waals surface area contributed by atoms with E-state index < -0.39 is 0 Å². The Morgan fingerprint density at radius 1 is 1.46 bits per heavy atom. The fourth-order valence-electron chi connectivity index (χ4n) is 1.76. The maximum atomic E-state index is 5.60. The van der Waals surface area contributed by atoms with E-state index in [2.05, 4.69) is 24.2 Å². The molecule has 0 saturated heterocycles. The van der Waals surface area contributed by atoms with Gasteiger partial charge in [-0.25, -0.2) is 0 Å². The highest BCUT2D eigenvalue weighted by Gasteiger charge is 2.07. The van der Waals surface area contributed by atoms with Crippen LogP contribution in [0.15, 0.2) is 18.2 Å². The molecule has 0 spiro atoms. The Kier molecular flexibility index (Phi) is 1.81. The van der Waals surface area contributed by atoms with Crippen LogP contribution in [0, 0.1) is 6.92 Å².